The molecule has 1 saturated heterocycles. The highest BCUT2D eigenvalue weighted by molar-refractivity contribution is 4.72. The maximum atomic E-state index is 9.14. The predicted molar refractivity (Wildman–Crippen MR) is 62.0 cm³/mol. The third-order valence-electron chi connectivity index (χ3n) is 2.84. The molecule has 0 spiro atoms. The third kappa shape index (κ3) is 5.50. The number of ether oxygens (including phenoxy) is 1. The SMILES string of the molecule is CC(O)CCCCN1CC(C)OC(C)C1. The van der Waals surface area contributed by atoms with E-state index in [0.29, 0.717) is 12.2 Å². The average Bonchev–Trinajstić information content (AvgIpc) is 2.10. The van der Waals surface area contributed by atoms with E-state index in [1.807, 2.05) is 6.92 Å². The lowest BCUT2D eigenvalue weighted by Crippen LogP contribution is -2.45. The molecule has 15 heavy (non-hydrogen) atoms. The molecule has 90 valence electrons. The van der Waals surface area contributed by atoms with Gasteiger partial charge in [-0.1, -0.05) is 0 Å². The third-order valence-corrected chi connectivity index (χ3v) is 2.84. The van der Waals surface area contributed by atoms with Crippen LogP contribution in [0, 0.1) is 0 Å². The number of morpholine rings is 1. The Morgan fingerprint density at radius 2 is 1.87 bits per heavy atom. The summed E-state index contributed by atoms with van der Waals surface area (Å²) < 4.78 is 5.68. The Kier molecular flexibility index (Phi) is 5.58. The monoisotopic (exact) mass is 215 g/mol. The number of rotatable bonds is 5. The largest absolute Gasteiger partial charge is 0.393 e. The molecule has 3 heteroatoms. The van der Waals surface area contributed by atoms with Crippen LogP contribution in [0.2, 0.25) is 0 Å². The van der Waals surface area contributed by atoms with E-state index < -0.39 is 0 Å². The van der Waals surface area contributed by atoms with E-state index in [1.54, 1.807) is 0 Å². The summed E-state index contributed by atoms with van der Waals surface area (Å²) in [5.74, 6) is 0. The second-order valence-electron chi connectivity index (χ2n) is 4.86. The molecule has 0 radical (unpaired) electrons. The van der Waals surface area contributed by atoms with Crippen molar-refractivity contribution in [2.75, 3.05) is 19.6 Å². The fourth-order valence-electron chi connectivity index (χ4n) is 2.24. The van der Waals surface area contributed by atoms with Crippen LogP contribution in [-0.4, -0.2) is 48.0 Å². The Morgan fingerprint density at radius 3 is 2.40 bits per heavy atom. The summed E-state index contributed by atoms with van der Waals surface area (Å²) in [6, 6.07) is 0. The van der Waals surface area contributed by atoms with E-state index >= 15 is 0 Å². The molecule has 3 nitrogen and oxygen atoms in total. The summed E-state index contributed by atoms with van der Waals surface area (Å²) in [6.07, 6.45) is 3.82. The first-order valence-corrected chi connectivity index (χ1v) is 6.14. The van der Waals surface area contributed by atoms with Gasteiger partial charge in [-0.25, -0.2) is 0 Å². The topological polar surface area (TPSA) is 32.7 Å². The molecule has 1 aliphatic rings. The van der Waals surface area contributed by atoms with Crippen LogP contribution >= 0.6 is 0 Å². The van der Waals surface area contributed by atoms with E-state index in [4.69, 9.17) is 9.84 Å². The van der Waals surface area contributed by atoms with Gasteiger partial charge in [-0.15, -0.1) is 0 Å². The first kappa shape index (κ1) is 12.9. The van der Waals surface area contributed by atoms with Crippen LogP contribution in [-0.2, 0) is 4.74 Å². The zero-order chi connectivity index (χ0) is 11.3. The van der Waals surface area contributed by atoms with Crippen molar-refractivity contribution in [3.8, 4) is 0 Å². The van der Waals surface area contributed by atoms with Gasteiger partial charge in [0.2, 0.25) is 0 Å². The lowest BCUT2D eigenvalue weighted by atomic mass is 10.1. The summed E-state index contributed by atoms with van der Waals surface area (Å²) in [5.41, 5.74) is 0. The maximum Gasteiger partial charge on any atom is 0.0678 e. The molecule has 0 amide bonds. The fraction of sp³-hybridized carbons (Fsp3) is 1.00. The van der Waals surface area contributed by atoms with Crippen LogP contribution in [0.3, 0.4) is 0 Å². The second-order valence-corrected chi connectivity index (χ2v) is 4.86. The minimum Gasteiger partial charge on any atom is -0.393 e. The molecule has 3 atom stereocenters. The maximum absolute atomic E-state index is 9.14. The Hall–Kier alpha value is -0.120. The smallest absolute Gasteiger partial charge is 0.0678 e. The van der Waals surface area contributed by atoms with Crippen LogP contribution in [0.4, 0.5) is 0 Å². The molecule has 1 rings (SSSR count). The Labute approximate surface area is 93.4 Å². The minimum absolute atomic E-state index is 0.146. The highest BCUT2D eigenvalue weighted by Crippen LogP contribution is 2.11. The standard InChI is InChI=1S/C12H25NO2/c1-10(14)6-4-5-7-13-8-11(2)15-12(3)9-13/h10-12,14H,4-9H2,1-3H3. The molecule has 1 fully saturated rings. The molecule has 1 heterocycles. The van der Waals surface area contributed by atoms with Gasteiger partial charge >= 0.3 is 0 Å². The number of aliphatic hydroxyl groups is 1. The normalized spacial score (nSPS) is 30.4. The Bertz CT molecular complexity index is 163. The molecule has 3 unspecified atom stereocenters. The molecule has 1 aliphatic heterocycles. The van der Waals surface area contributed by atoms with Crippen molar-refractivity contribution in [3.63, 3.8) is 0 Å². The molecular formula is C12H25NO2. The van der Waals surface area contributed by atoms with Crippen molar-refractivity contribution >= 4 is 0 Å². The summed E-state index contributed by atoms with van der Waals surface area (Å²) >= 11 is 0. The number of hydrogen-bond acceptors (Lipinski definition) is 3. The van der Waals surface area contributed by atoms with Gasteiger partial charge in [-0.2, -0.15) is 0 Å². The van der Waals surface area contributed by atoms with E-state index in [9.17, 15) is 0 Å². The first-order chi connectivity index (χ1) is 7.08. The number of hydrogen-bond donors (Lipinski definition) is 1. The zero-order valence-electron chi connectivity index (χ0n) is 10.3. The minimum atomic E-state index is -0.146. The van der Waals surface area contributed by atoms with Crippen molar-refractivity contribution in [2.45, 2.75) is 58.3 Å². The van der Waals surface area contributed by atoms with Crippen LogP contribution in [0.1, 0.15) is 40.0 Å². The van der Waals surface area contributed by atoms with Crippen LogP contribution in [0.5, 0.6) is 0 Å². The summed E-state index contributed by atoms with van der Waals surface area (Å²) in [7, 11) is 0. The van der Waals surface area contributed by atoms with Crippen LogP contribution < -0.4 is 0 Å². The Morgan fingerprint density at radius 1 is 1.27 bits per heavy atom. The highest BCUT2D eigenvalue weighted by atomic mass is 16.5. The predicted octanol–water partition coefficient (Wildman–Crippen LogP) is 1.65. The first-order valence-electron chi connectivity index (χ1n) is 6.14. The molecule has 1 N–H and O–H groups in total. The van der Waals surface area contributed by atoms with E-state index in [0.717, 1.165) is 32.5 Å². The zero-order valence-corrected chi connectivity index (χ0v) is 10.3. The quantitative estimate of drug-likeness (QED) is 0.708. The van der Waals surface area contributed by atoms with Crippen molar-refractivity contribution < 1.29 is 9.84 Å². The Balaban J connectivity index is 2.10. The second kappa shape index (κ2) is 6.46. The summed E-state index contributed by atoms with van der Waals surface area (Å²) in [5, 5.41) is 9.14. The average molecular weight is 215 g/mol. The molecule has 0 aromatic carbocycles. The van der Waals surface area contributed by atoms with E-state index in [2.05, 4.69) is 18.7 Å². The molecule has 0 aromatic rings. The van der Waals surface area contributed by atoms with Crippen molar-refractivity contribution in [1.29, 1.82) is 0 Å². The van der Waals surface area contributed by atoms with Gasteiger partial charge in [0, 0.05) is 13.1 Å². The lowest BCUT2D eigenvalue weighted by Gasteiger charge is -2.35. The van der Waals surface area contributed by atoms with Crippen molar-refractivity contribution in [3.05, 3.63) is 0 Å². The van der Waals surface area contributed by atoms with Crippen LogP contribution in [0.15, 0.2) is 0 Å². The summed E-state index contributed by atoms with van der Waals surface area (Å²) in [6.45, 7) is 9.39. The van der Waals surface area contributed by atoms with E-state index in [-0.39, 0.29) is 6.10 Å². The lowest BCUT2D eigenvalue weighted by molar-refractivity contribution is -0.0682. The fourth-order valence-corrected chi connectivity index (χ4v) is 2.24. The summed E-state index contributed by atoms with van der Waals surface area (Å²) in [4.78, 5) is 2.47. The number of aliphatic hydroxyl groups excluding tert-OH is 1. The van der Waals surface area contributed by atoms with E-state index in [1.165, 1.54) is 6.42 Å². The number of unbranched alkanes of at least 4 members (excludes halogenated alkanes) is 1. The number of nitrogens with zero attached hydrogens (tertiary/aromatic N) is 1. The molecule has 0 aromatic heterocycles. The molecular weight excluding hydrogens is 190 g/mol. The van der Waals surface area contributed by atoms with Crippen molar-refractivity contribution in [1.82, 2.24) is 4.90 Å². The highest BCUT2D eigenvalue weighted by Gasteiger charge is 2.21. The van der Waals surface area contributed by atoms with Crippen LogP contribution in [0.25, 0.3) is 0 Å². The van der Waals surface area contributed by atoms with Crippen molar-refractivity contribution in [2.24, 2.45) is 0 Å². The molecule has 0 aliphatic carbocycles. The van der Waals surface area contributed by atoms with Gasteiger partial charge in [-0.05, 0) is 46.6 Å². The van der Waals surface area contributed by atoms with Gasteiger partial charge in [0.1, 0.15) is 0 Å². The van der Waals surface area contributed by atoms with Gasteiger partial charge in [0.15, 0.2) is 0 Å². The van der Waals surface area contributed by atoms with Gasteiger partial charge in [0.25, 0.3) is 0 Å². The molecule has 0 bridgehead atoms. The van der Waals surface area contributed by atoms with Gasteiger partial charge in [0.05, 0.1) is 18.3 Å². The molecule has 0 saturated carbocycles. The van der Waals surface area contributed by atoms with Gasteiger partial charge < -0.3 is 9.84 Å². The van der Waals surface area contributed by atoms with Gasteiger partial charge in [-0.3, -0.25) is 4.90 Å².